The Kier molecular flexibility index (Phi) is 3.81. The van der Waals surface area contributed by atoms with Crippen LogP contribution in [0.2, 0.25) is 0 Å². The van der Waals surface area contributed by atoms with Crippen molar-refractivity contribution in [3.05, 3.63) is 53.1 Å². The van der Waals surface area contributed by atoms with Crippen molar-refractivity contribution < 1.29 is 4.79 Å². The molecule has 124 valence electrons. The summed E-state index contributed by atoms with van der Waals surface area (Å²) >= 11 is 0. The normalized spacial score (nSPS) is 19.9. The van der Waals surface area contributed by atoms with Crippen LogP contribution >= 0.6 is 0 Å². The van der Waals surface area contributed by atoms with Gasteiger partial charge in [-0.2, -0.15) is 0 Å². The van der Waals surface area contributed by atoms with Crippen molar-refractivity contribution >= 4 is 11.6 Å². The molecule has 0 aliphatic carbocycles. The topological polar surface area (TPSA) is 49.3 Å². The molecule has 3 heterocycles. The molecular formula is C19H22N4O. The molecule has 0 bridgehead atoms. The van der Waals surface area contributed by atoms with Crippen molar-refractivity contribution in [3.63, 3.8) is 0 Å². The summed E-state index contributed by atoms with van der Waals surface area (Å²) in [5.41, 5.74) is 4.62. The van der Waals surface area contributed by atoms with Gasteiger partial charge in [0.2, 0.25) is 5.91 Å². The van der Waals surface area contributed by atoms with Gasteiger partial charge in [-0.15, -0.1) is 0 Å². The number of hydrogen-bond donors (Lipinski definition) is 0. The molecule has 2 aliphatic rings. The van der Waals surface area contributed by atoms with Crippen LogP contribution < -0.4 is 4.90 Å². The fraction of sp³-hybridized carbons (Fsp3) is 0.421. The number of carbonyl (C=O) groups excluding carboxylic acids is 1. The molecule has 0 saturated heterocycles. The van der Waals surface area contributed by atoms with E-state index in [1.54, 1.807) is 0 Å². The van der Waals surface area contributed by atoms with Gasteiger partial charge in [0.15, 0.2) is 0 Å². The van der Waals surface area contributed by atoms with Gasteiger partial charge >= 0.3 is 0 Å². The Balaban J connectivity index is 1.49. The molecule has 0 spiro atoms. The number of amides is 1. The molecule has 1 amide bonds. The minimum Gasteiger partial charge on any atom is -0.308 e. The first-order chi connectivity index (χ1) is 11.6. The van der Waals surface area contributed by atoms with Crippen LogP contribution in [0.1, 0.15) is 29.6 Å². The molecule has 4 rings (SSSR count). The van der Waals surface area contributed by atoms with Crippen molar-refractivity contribution in [2.24, 2.45) is 0 Å². The number of hydrogen-bond acceptors (Lipinski definition) is 4. The van der Waals surface area contributed by atoms with Gasteiger partial charge < -0.3 is 4.90 Å². The number of carbonyl (C=O) groups is 1. The van der Waals surface area contributed by atoms with E-state index in [1.807, 2.05) is 30.2 Å². The molecular weight excluding hydrogens is 300 g/mol. The van der Waals surface area contributed by atoms with Crippen molar-refractivity contribution in [1.29, 1.82) is 0 Å². The van der Waals surface area contributed by atoms with Crippen LogP contribution in [-0.4, -0.2) is 39.9 Å². The van der Waals surface area contributed by atoms with Gasteiger partial charge in [0.05, 0.1) is 12.2 Å². The third-order valence-corrected chi connectivity index (χ3v) is 4.98. The monoisotopic (exact) mass is 322 g/mol. The highest BCUT2D eigenvalue weighted by Crippen LogP contribution is 2.32. The second-order valence-corrected chi connectivity index (χ2v) is 6.80. The zero-order valence-corrected chi connectivity index (χ0v) is 14.2. The molecule has 2 aromatic rings. The number of anilines is 1. The van der Waals surface area contributed by atoms with Crippen molar-refractivity contribution in [3.8, 4) is 0 Å². The molecule has 5 heteroatoms. The number of rotatable bonds is 2. The second kappa shape index (κ2) is 5.98. The lowest BCUT2D eigenvalue weighted by molar-refractivity contribution is -0.120. The molecule has 0 saturated carbocycles. The number of para-hydroxylation sites is 1. The highest BCUT2D eigenvalue weighted by molar-refractivity contribution is 5.97. The predicted molar refractivity (Wildman–Crippen MR) is 92.8 cm³/mol. The van der Waals surface area contributed by atoms with Gasteiger partial charge in [-0.3, -0.25) is 9.69 Å². The fourth-order valence-electron chi connectivity index (χ4n) is 3.81. The SMILES string of the molecule is Cc1ncc2c(n1)CN(CC(=O)N1c3ccccc3C[C@@H]1C)CC2. The Hall–Kier alpha value is -2.27. The average Bonchev–Trinajstić information content (AvgIpc) is 2.90. The highest BCUT2D eigenvalue weighted by atomic mass is 16.2. The maximum Gasteiger partial charge on any atom is 0.241 e. The van der Waals surface area contributed by atoms with Crippen molar-refractivity contribution in [2.45, 2.75) is 39.3 Å². The molecule has 0 unspecified atom stereocenters. The largest absolute Gasteiger partial charge is 0.308 e. The Morgan fingerprint density at radius 2 is 2.12 bits per heavy atom. The Labute approximate surface area is 142 Å². The molecule has 1 atom stereocenters. The first-order valence-corrected chi connectivity index (χ1v) is 8.55. The van der Waals surface area contributed by atoms with Gasteiger partial charge in [0, 0.05) is 31.0 Å². The maximum absolute atomic E-state index is 12.9. The molecule has 2 aliphatic heterocycles. The van der Waals surface area contributed by atoms with Crippen LogP contribution in [0.5, 0.6) is 0 Å². The average molecular weight is 322 g/mol. The third-order valence-electron chi connectivity index (χ3n) is 4.98. The molecule has 0 N–H and O–H groups in total. The zero-order valence-electron chi connectivity index (χ0n) is 14.2. The van der Waals surface area contributed by atoms with E-state index in [0.717, 1.165) is 43.1 Å². The van der Waals surface area contributed by atoms with E-state index in [9.17, 15) is 4.79 Å². The van der Waals surface area contributed by atoms with Crippen molar-refractivity contribution in [1.82, 2.24) is 14.9 Å². The van der Waals surface area contributed by atoms with Crippen molar-refractivity contribution in [2.75, 3.05) is 18.0 Å². The van der Waals surface area contributed by atoms with E-state index in [4.69, 9.17) is 0 Å². The number of aromatic nitrogens is 2. The zero-order chi connectivity index (χ0) is 16.7. The van der Waals surface area contributed by atoms with E-state index < -0.39 is 0 Å². The van der Waals surface area contributed by atoms with Crippen LogP contribution in [-0.2, 0) is 24.2 Å². The number of nitrogens with zero attached hydrogens (tertiary/aromatic N) is 4. The predicted octanol–water partition coefficient (Wildman–Crippen LogP) is 2.12. The molecule has 0 fully saturated rings. The lowest BCUT2D eigenvalue weighted by Gasteiger charge is -2.30. The first kappa shape index (κ1) is 15.3. The maximum atomic E-state index is 12.9. The third kappa shape index (κ3) is 2.69. The molecule has 0 radical (unpaired) electrons. The van der Waals surface area contributed by atoms with E-state index in [-0.39, 0.29) is 11.9 Å². The van der Waals surface area contributed by atoms with Gasteiger partial charge in [0.25, 0.3) is 0 Å². The van der Waals surface area contributed by atoms with Crippen LogP contribution in [0.15, 0.2) is 30.5 Å². The van der Waals surface area contributed by atoms with E-state index in [1.165, 1.54) is 11.1 Å². The summed E-state index contributed by atoms with van der Waals surface area (Å²) in [5.74, 6) is 0.977. The second-order valence-electron chi connectivity index (χ2n) is 6.80. The highest BCUT2D eigenvalue weighted by Gasteiger charge is 2.31. The van der Waals surface area contributed by atoms with Crippen LogP contribution in [0.3, 0.4) is 0 Å². The lowest BCUT2D eigenvalue weighted by Crippen LogP contribution is -2.44. The first-order valence-electron chi connectivity index (χ1n) is 8.55. The summed E-state index contributed by atoms with van der Waals surface area (Å²) in [6, 6.07) is 8.46. The number of aryl methyl sites for hydroxylation is 1. The summed E-state index contributed by atoms with van der Waals surface area (Å²) in [4.78, 5) is 25.9. The minimum absolute atomic E-state index is 0.182. The standard InChI is InChI=1S/C19H22N4O/c1-13-9-15-5-3-4-6-18(15)23(13)19(24)12-22-8-7-16-10-20-14(2)21-17(16)11-22/h3-6,10,13H,7-9,11-12H2,1-2H3/t13-/m0/s1. The van der Waals surface area contributed by atoms with E-state index in [0.29, 0.717) is 6.54 Å². The summed E-state index contributed by atoms with van der Waals surface area (Å²) < 4.78 is 0. The van der Waals surface area contributed by atoms with Gasteiger partial charge in [-0.1, -0.05) is 18.2 Å². The minimum atomic E-state index is 0.182. The fourth-order valence-corrected chi connectivity index (χ4v) is 3.81. The van der Waals surface area contributed by atoms with Crippen LogP contribution in [0.4, 0.5) is 5.69 Å². The van der Waals surface area contributed by atoms with Gasteiger partial charge in [-0.05, 0) is 43.9 Å². The Bertz CT molecular complexity index is 789. The Morgan fingerprint density at radius 3 is 3.00 bits per heavy atom. The molecule has 24 heavy (non-hydrogen) atoms. The van der Waals surface area contributed by atoms with Gasteiger partial charge in [0.1, 0.15) is 5.82 Å². The Morgan fingerprint density at radius 1 is 1.29 bits per heavy atom. The van der Waals surface area contributed by atoms with E-state index >= 15 is 0 Å². The molecule has 1 aromatic heterocycles. The summed E-state index contributed by atoms with van der Waals surface area (Å²) in [6.45, 7) is 6.09. The summed E-state index contributed by atoms with van der Waals surface area (Å²) in [5, 5.41) is 0. The lowest BCUT2D eigenvalue weighted by atomic mass is 10.1. The number of benzene rings is 1. The van der Waals surface area contributed by atoms with Gasteiger partial charge in [-0.25, -0.2) is 9.97 Å². The van der Waals surface area contributed by atoms with Crippen LogP contribution in [0.25, 0.3) is 0 Å². The molecule has 1 aromatic carbocycles. The number of fused-ring (bicyclic) bond motifs is 2. The quantitative estimate of drug-likeness (QED) is 0.850. The summed E-state index contributed by atoms with van der Waals surface area (Å²) in [6.07, 6.45) is 3.78. The summed E-state index contributed by atoms with van der Waals surface area (Å²) in [7, 11) is 0. The molecule has 5 nitrogen and oxygen atoms in total. The van der Waals surface area contributed by atoms with Crippen LogP contribution in [0, 0.1) is 6.92 Å². The van der Waals surface area contributed by atoms with E-state index in [2.05, 4.69) is 33.9 Å². The smallest absolute Gasteiger partial charge is 0.241 e.